The summed E-state index contributed by atoms with van der Waals surface area (Å²) in [7, 11) is -3.14. The van der Waals surface area contributed by atoms with E-state index < -0.39 is 10.0 Å². The molecule has 1 aliphatic carbocycles. The molecule has 0 aliphatic heterocycles. The quantitative estimate of drug-likeness (QED) is 0.806. The van der Waals surface area contributed by atoms with Gasteiger partial charge in [-0.05, 0) is 37.0 Å². The highest BCUT2D eigenvalue weighted by Crippen LogP contribution is 2.28. The fraction of sp³-hybridized carbons (Fsp3) is 0.500. The lowest BCUT2D eigenvalue weighted by atomic mass is 10.1. The third kappa shape index (κ3) is 3.51. The number of hydrogen-bond acceptors (Lipinski definition) is 2. The molecule has 0 saturated heterocycles. The van der Waals surface area contributed by atoms with Crippen LogP contribution < -0.4 is 0 Å². The van der Waals surface area contributed by atoms with Gasteiger partial charge in [0.05, 0.1) is 6.26 Å². The standard InChI is InChI=1S/C12H16FNO2S/c1-17(15,16)14(12-5-6-12)8-7-10-3-2-4-11(13)9-10/h2-4,9,12H,5-8H2,1H3. The second-order valence-electron chi connectivity index (χ2n) is 4.48. The van der Waals surface area contributed by atoms with Gasteiger partial charge in [-0.15, -0.1) is 0 Å². The van der Waals surface area contributed by atoms with E-state index in [2.05, 4.69) is 0 Å². The molecular weight excluding hydrogens is 241 g/mol. The summed E-state index contributed by atoms with van der Waals surface area (Å²) in [5, 5.41) is 0. The fourth-order valence-electron chi connectivity index (χ4n) is 1.91. The van der Waals surface area contributed by atoms with Gasteiger partial charge in [0.1, 0.15) is 5.82 Å². The molecule has 17 heavy (non-hydrogen) atoms. The number of benzene rings is 1. The average Bonchev–Trinajstić information content (AvgIpc) is 3.00. The summed E-state index contributed by atoms with van der Waals surface area (Å²) < 4.78 is 37.6. The highest BCUT2D eigenvalue weighted by molar-refractivity contribution is 7.88. The highest BCUT2D eigenvalue weighted by atomic mass is 32.2. The Morgan fingerprint density at radius 2 is 2.12 bits per heavy atom. The van der Waals surface area contributed by atoms with Crippen LogP contribution in [0.15, 0.2) is 24.3 Å². The van der Waals surface area contributed by atoms with Crippen molar-refractivity contribution in [2.75, 3.05) is 12.8 Å². The Labute approximate surface area is 101 Å². The van der Waals surface area contributed by atoms with Gasteiger partial charge >= 0.3 is 0 Å². The molecule has 5 heteroatoms. The van der Waals surface area contributed by atoms with Crippen LogP contribution in [-0.2, 0) is 16.4 Å². The highest BCUT2D eigenvalue weighted by Gasteiger charge is 2.34. The van der Waals surface area contributed by atoms with E-state index >= 15 is 0 Å². The maximum atomic E-state index is 13.0. The average molecular weight is 257 g/mol. The molecule has 1 fully saturated rings. The molecule has 3 nitrogen and oxygen atoms in total. The van der Waals surface area contributed by atoms with Gasteiger partial charge in [-0.2, -0.15) is 4.31 Å². The Hall–Kier alpha value is -0.940. The zero-order valence-electron chi connectivity index (χ0n) is 9.77. The molecular formula is C12H16FNO2S. The molecule has 1 aromatic carbocycles. The van der Waals surface area contributed by atoms with E-state index in [1.165, 1.54) is 22.7 Å². The molecule has 1 aliphatic rings. The van der Waals surface area contributed by atoms with E-state index in [1.807, 2.05) is 6.07 Å². The van der Waals surface area contributed by atoms with Crippen LogP contribution in [0, 0.1) is 5.82 Å². The van der Waals surface area contributed by atoms with Crippen LogP contribution >= 0.6 is 0 Å². The van der Waals surface area contributed by atoms with Gasteiger partial charge in [0.25, 0.3) is 0 Å². The normalized spacial score (nSPS) is 16.4. The minimum absolute atomic E-state index is 0.165. The van der Waals surface area contributed by atoms with E-state index in [1.54, 1.807) is 6.07 Å². The van der Waals surface area contributed by atoms with Crippen molar-refractivity contribution in [3.05, 3.63) is 35.6 Å². The summed E-state index contributed by atoms with van der Waals surface area (Å²) in [6.07, 6.45) is 3.67. The van der Waals surface area contributed by atoms with Gasteiger partial charge in [0, 0.05) is 12.6 Å². The molecule has 0 heterocycles. The number of hydrogen-bond donors (Lipinski definition) is 0. The Morgan fingerprint density at radius 3 is 2.65 bits per heavy atom. The van der Waals surface area contributed by atoms with Crippen molar-refractivity contribution in [2.45, 2.75) is 25.3 Å². The Morgan fingerprint density at radius 1 is 1.41 bits per heavy atom. The zero-order valence-corrected chi connectivity index (χ0v) is 10.6. The number of halogens is 1. The second-order valence-corrected chi connectivity index (χ2v) is 6.42. The molecule has 0 radical (unpaired) electrons. The number of nitrogens with zero attached hydrogens (tertiary/aromatic N) is 1. The van der Waals surface area contributed by atoms with Crippen LogP contribution in [0.4, 0.5) is 4.39 Å². The first-order valence-corrected chi connectivity index (χ1v) is 7.53. The van der Waals surface area contributed by atoms with Crippen molar-refractivity contribution >= 4 is 10.0 Å². The van der Waals surface area contributed by atoms with Crippen LogP contribution in [0.3, 0.4) is 0 Å². The maximum Gasteiger partial charge on any atom is 0.211 e. The Kier molecular flexibility index (Phi) is 3.49. The lowest BCUT2D eigenvalue weighted by Gasteiger charge is -2.19. The summed E-state index contributed by atoms with van der Waals surface area (Å²) in [6, 6.07) is 6.47. The van der Waals surface area contributed by atoms with Gasteiger partial charge in [-0.1, -0.05) is 12.1 Å². The molecule has 1 aromatic rings. The van der Waals surface area contributed by atoms with E-state index in [9.17, 15) is 12.8 Å². The first-order valence-electron chi connectivity index (χ1n) is 5.68. The lowest BCUT2D eigenvalue weighted by Crippen LogP contribution is -2.33. The summed E-state index contributed by atoms with van der Waals surface area (Å²) in [5.74, 6) is -0.278. The van der Waals surface area contributed by atoms with Crippen molar-refractivity contribution in [1.29, 1.82) is 0 Å². The van der Waals surface area contributed by atoms with Crippen LogP contribution in [0.2, 0.25) is 0 Å². The molecule has 0 atom stereocenters. The minimum Gasteiger partial charge on any atom is -0.212 e. The molecule has 0 spiro atoms. The van der Waals surface area contributed by atoms with Crippen molar-refractivity contribution in [3.63, 3.8) is 0 Å². The van der Waals surface area contributed by atoms with Crippen LogP contribution in [0.25, 0.3) is 0 Å². The van der Waals surface area contributed by atoms with Crippen molar-refractivity contribution < 1.29 is 12.8 Å². The third-order valence-corrected chi connectivity index (χ3v) is 4.22. The van der Waals surface area contributed by atoms with Gasteiger partial charge in [0.15, 0.2) is 0 Å². The van der Waals surface area contributed by atoms with Gasteiger partial charge in [-0.3, -0.25) is 0 Å². The Bertz CT molecular complexity index is 497. The number of rotatable bonds is 5. The summed E-state index contributed by atoms with van der Waals surface area (Å²) in [4.78, 5) is 0. The maximum absolute atomic E-state index is 13.0. The van der Waals surface area contributed by atoms with Gasteiger partial charge < -0.3 is 0 Å². The Balaban J connectivity index is 2.01. The molecule has 0 unspecified atom stereocenters. The predicted molar refractivity (Wildman–Crippen MR) is 64.7 cm³/mol. The summed E-state index contributed by atoms with van der Waals surface area (Å²) in [5.41, 5.74) is 0.833. The van der Waals surface area contributed by atoms with Gasteiger partial charge in [0.2, 0.25) is 10.0 Å². The first kappa shape index (κ1) is 12.5. The van der Waals surface area contributed by atoms with Crippen molar-refractivity contribution in [3.8, 4) is 0 Å². The zero-order chi connectivity index (χ0) is 12.5. The molecule has 2 rings (SSSR count). The SMILES string of the molecule is CS(=O)(=O)N(CCc1cccc(F)c1)C1CC1. The van der Waals surface area contributed by atoms with E-state index in [-0.39, 0.29) is 11.9 Å². The van der Waals surface area contributed by atoms with Crippen LogP contribution in [0.5, 0.6) is 0 Å². The molecule has 0 amide bonds. The summed E-state index contributed by atoms with van der Waals surface area (Å²) >= 11 is 0. The molecule has 0 aromatic heterocycles. The van der Waals surface area contributed by atoms with E-state index in [0.29, 0.717) is 13.0 Å². The summed E-state index contributed by atoms with van der Waals surface area (Å²) in [6.45, 7) is 0.437. The van der Waals surface area contributed by atoms with Crippen LogP contribution in [0.1, 0.15) is 18.4 Å². The fourth-order valence-corrected chi connectivity index (χ4v) is 3.09. The minimum atomic E-state index is -3.14. The predicted octanol–water partition coefficient (Wildman–Crippen LogP) is 1.79. The largest absolute Gasteiger partial charge is 0.212 e. The monoisotopic (exact) mass is 257 g/mol. The smallest absolute Gasteiger partial charge is 0.211 e. The second kappa shape index (κ2) is 4.74. The van der Waals surface area contributed by atoms with Gasteiger partial charge in [-0.25, -0.2) is 12.8 Å². The molecule has 94 valence electrons. The lowest BCUT2D eigenvalue weighted by molar-refractivity contribution is 0.411. The molecule has 1 saturated carbocycles. The topological polar surface area (TPSA) is 37.4 Å². The van der Waals surface area contributed by atoms with Crippen molar-refractivity contribution in [2.24, 2.45) is 0 Å². The molecule has 0 N–H and O–H groups in total. The van der Waals surface area contributed by atoms with E-state index in [0.717, 1.165) is 18.4 Å². The van der Waals surface area contributed by atoms with Crippen LogP contribution in [-0.4, -0.2) is 31.6 Å². The number of sulfonamides is 1. The van der Waals surface area contributed by atoms with E-state index in [4.69, 9.17) is 0 Å². The molecule has 0 bridgehead atoms. The first-order chi connectivity index (χ1) is 7.97. The van der Waals surface area contributed by atoms with Crippen molar-refractivity contribution in [1.82, 2.24) is 4.31 Å². The third-order valence-electron chi connectivity index (χ3n) is 2.89.